The van der Waals surface area contributed by atoms with Gasteiger partial charge in [-0.1, -0.05) is 0 Å². The third-order valence-electron chi connectivity index (χ3n) is 0.854. The van der Waals surface area contributed by atoms with Gasteiger partial charge in [0.25, 0.3) is 0 Å². The van der Waals surface area contributed by atoms with E-state index in [9.17, 15) is 0 Å². The van der Waals surface area contributed by atoms with Crippen molar-refractivity contribution in [3.05, 3.63) is 0 Å². The molecular formula is C5H6N6O4-2. The molecule has 10 nitrogen and oxygen atoms in total. The van der Waals surface area contributed by atoms with Crippen LogP contribution in [0, 0.1) is 0 Å². The number of nitrogens with two attached hydrogens (primary N) is 3. The van der Waals surface area contributed by atoms with Crippen LogP contribution in [-0.2, 0) is 9.59 Å². The van der Waals surface area contributed by atoms with Crippen LogP contribution in [0.25, 0.3) is 0 Å². The number of aromatic nitrogens is 3. The van der Waals surface area contributed by atoms with Gasteiger partial charge in [-0.05, 0) is 0 Å². The fourth-order valence-corrected chi connectivity index (χ4v) is 0.427. The first-order valence-electron chi connectivity index (χ1n) is 3.27. The second-order valence-electron chi connectivity index (χ2n) is 1.98. The van der Waals surface area contributed by atoms with Crippen LogP contribution < -0.4 is 27.4 Å². The van der Waals surface area contributed by atoms with Gasteiger partial charge in [-0.2, -0.15) is 15.0 Å². The number of carbonyl (C=O) groups excluding carboxylic acids is 2. The van der Waals surface area contributed by atoms with Crippen LogP contribution in [0.2, 0.25) is 0 Å². The first-order valence-corrected chi connectivity index (χ1v) is 3.27. The van der Waals surface area contributed by atoms with Gasteiger partial charge in [0.15, 0.2) is 0 Å². The molecule has 1 heterocycles. The molecule has 15 heavy (non-hydrogen) atoms. The van der Waals surface area contributed by atoms with E-state index in [0.717, 1.165) is 0 Å². The quantitative estimate of drug-likeness (QED) is 0.351. The largest absolute Gasteiger partial charge is 0.543 e. The van der Waals surface area contributed by atoms with Crippen molar-refractivity contribution in [3.8, 4) is 0 Å². The monoisotopic (exact) mass is 214 g/mol. The molecule has 1 aromatic heterocycles. The molecule has 0 amide bonds. The summed E-state index contributed by atoms with van der Waals surface area (Å²) in [4.78, 5) is 28.3. The number of carboxylic acid groups (broad SMARTS) is 2. The Morgan fingerprint density at radius 1 is 0.800 bits per heavy atom. The molecule has 0 fully saturated rings. The molecule has 6 N–H and O–H groups in total. The van der Waals surface area contributed by atoms with Crippen molar-refractivity contribution in [2.45, 2.75) is 0 Å². The highest BCUT2D eigenvalue weighted by Crippen LogP contribution is 1.97. The molecular weight excluding hydrogens is 208 g/mol. The predicted octanol–water partition coefficient (Wildman–Crippen LogP) is -4.90. The SMILES string of the molecule is Nc1nc(N)nc(N)n1.O=C([O-])C(=O)[O-]. The van der Waals surface area contributed by atoms with Crippen molar-refractivity contribution in [2.75, 3.05) is 17.2 Å². The third kappa shape index (κ3) is 5.57. The highest BCUT2D eigenvalue weighted by atomic mass is 16.4. The maximum absolute atomic E-state index is 8.93. The highest BCUT2D eigenvalue weighted by molar-refractivity contribution is 6.25. The van der Waals surface area contributed by atoms with E-state index in [2.05, 4.69) is 15.0 Å². The van der Waals surface area contributed by atoms with Gasteiger partial charge in [-0.15, -0.1) is 0 Å². The number of rotatable bonds is 0. The summed E-state index contributed by atoms with van der Waals surface area (Å²) in [6.45, 7) is 0. The lowest BCUT2D eigenvalue weighted by atomic mass is 10.7. The van der Waals surface area contributed by atoms with Gasteiger partial charge in [0.2, 0.25) is 17.8 Å². The minimum Gasteiger partial charge on any atom is -0.543 e. The summed E-state index contributed by atoms with van der Waals surface area (Å²) in [5.74, 6) is -4.25. The van der Waals surface area contributed by atoms with Crippen LogP contribution in [0.4, 0.5) is 17.8 Å². The molecule has 0 aromatic carbocycles. The number of aliphatic carboxylic acids is 2. The van der Waals surface area contributed by atoms with Crippen LogP contribution in [0.5, 0.6) is 0 Å². The van der Waals surface area contributed by atoms with Crippen LogP contribution in [0.15, 0.2) is 0 Å². The topological polar surface area (TPSA) is 197 Å². The maximum Gasteiger partial charge on any atom is 0.226 e. The van der Waals surface area contributed by atoms with E-state index >= 15 is 0 Å². The first-order chi connectivity index (χ1) is 6.82. The number of hydrogen-bond acceptors (Lipinski definition) is 10. The van der Waals surface area contributed by atoms with Crippen LogP contribution >= 0.6 is 0 Å². The highest BCUT2D eigenvalue weighted by Gasteiger charge is 1.93. The minimum absolute atomic E-state index is 0.0417. The molecule has 1 rings (SSSR count). The van der Waals surface area contributed by atoms with Gasteiger partial charge in [-0.25, -0.2) is 0 Å². The van der Waals surface area contributed by atoms with Crippen molar-refractivity contribution in [1.82, 2.24) is 15.0 Å². The van der Waals surface area contributed by atoms with E-state index in [4.69, 9.17) is 37.0 Å². The van der Waals surface area contributed by atoms with Crippen molar-refractivity contribution >= 4 is 29.8 Å². The lowest BCUT2D eigenvalue weighted by molar-refractivity contribution is -0.345. The Morgan fingerprint density at radius 2 is 1.00 bits per heavy atom. The predicted molar refractivity (Wildman–Crippen MR) is 43.1 cm³/mol. The van der Waals surface area contributed by atoms with Crippen molar-refractivity contribution in [2.24, 2.45) is 0 Å². The Balaban J connectivity index is 0.000000288. The van der Waals surface area contributed by atoms with E-state index < -0.39 is 11.9 Å². The fraction of sp³-hybridized carbons (Fsp3) is 0. The molecule has 0 bridgehead atoms. The van der Waals surface area contributed by atoms with Gasteiger partial charge in [0.05, 0.1) is 11.9 Å². The van der Waals surface area contributed by atoms with E-state index in [-0.39, 0.29) is 17.8 Å². The average Bonchev–Trinajstić information content (AvgIpc) is 2.01. The summed E-state index contributed by atoms with van der Waals surface area (Å²) in [6, 6.07) is 0. The number of nitrogens with zero attached hydrogens (tertiary/aromatic N) is 3. The summed E-state index contributed by atoms with van der Waals surface area (Å²) < 4.78 is 0. The number of anilines is 3. The van der Waals surface area contributed by atoms with Gasteiger partial charge < -0.3 is 37.0 Å². The molecule has 0 aliphatic heterocycles. The number of hydrogen-bond donors (Lipinski definition) is 3. The summed E-state index contributed by atoms with van der Waals surface area (Å²) in [5, 5.41) is 17.9. The van der Waals surface area contributed by atoms with Crippen molar-refractivity contribution in [3.63, 3.8) is 0 Å². The molecule has 0 aliphatic rings. The molecule has 1 aromatic rings. The molecule has 10 heteroatoms. The molecule has 0 unspecified atom stereocenters. The zero-order valence-electron chi connectivity index (χ0n) is 7.21. The van der Waals surface area contributed by atoms with E-state index in [1.807, 2.05) is 0 Å². The third-order valence-corrected chi connectivity index (χ3v) is 0.854. The van der Waals surface area contributed by atoms with Crippen molar-refractivity contribution < 1.29 is 19.8 Å². The zero-order chi connectivity index (χ0) is 12.0. The zero-order valence-corrected chi connectivity index (χ0v) is 7.21. The van der Waals surface area contributed by atoms with Crippen LogP contribution in [0.1, 0.15) is 0 Å². The van der Waals surface area contributed by atoms with E-state index in [1.165, 1.54) is 0 Å². The van der Waals surface area contributed by atoms with Crippen molar-refractivity contribution in [1.29, 1.82) is 0 Å². The summed E-state index contributed by atoms with van der Waals surface area (Å²) in [5.41, 5.74) is 15.4. The summed E-state index contributed by atoms with van der Waals surface area (Å²) in [7, 11) is 0. The molecule has 0 aliphatic carbocycles. The Hall–Kier alpha value is -2.65. The van der Waals surface area contributed by atoms with Crippen LogP contribution in [-0.4, -0.2) is 26.9 Å². The maximum atomic E-state index is 8.93. The molecule has 0 saturated heterocycles. The van der Waals surface area contributed by atoms with Crippen LogP contribution in [0.3, 0.4) is 0 Å². The Morgan fingerprint density at radius 3 is 1.13 bits per heavy atom. The van der Waals surface area contributed by atoms with Gasteiger partial charge >= 0.3 is 0 Å². The standard InChI is InChI=1S/C3H6N6.C2H2O4/c4-1-7-2(5)9-3(6)8-1;3-1(4)2(5)6/h(H6,4,5,6,7,8,9);(H,3,4)(H,5,6)/p-2. The lowest BCUT2D eigenvalue weighted by Crippen LogP contribution is -2.42. The summed E-state index contributed by atoms with van der Waals surface area (Å²) in [6.07, 6.45) is 0. The second-order valence-corrected chi connectivity index (χ2v) is 1.98. The van der Waals surface area contributed by atoms with Gasteiger partial charge in [0.1, 0.15) is 0 Å². The number of carboxylic acids is 2. The molecule has 0 saturated carbocycles. The molecule has 0 radical (unpaired) electrons. The Kier molecular flexibility index (Phi) is 4.25. The Bertz CT molecular complexity index is 317. The number of carbonyl (C=O) groups is 2. The minimum atomic E-state index is -2.19. The van der Waals surface area contributed by atoms with E-state index in [1.54, 1.807) is 0 Å². The smallest absolute Gasteiger partial charge is 0.226 e. The normalized spacial score (nSPS) is 8.53. The molecule has 0 spiro atoms. The van der Waals surface area contributed by atoms with E-state index in [0.29, 0.717) is 0 Å². The van der Waals surface area contributed by atoms with Gasteiger partial charge in [-0.3, -0.25) is 0 Å². The Labute approximate surface area is 82.8 Å². The van der Waals surface area contributed by atoms with Gasteiger partial charge in [0, 0.05) is 0 Å². The lowest BCUT2D eigenvalue weighted by Gasteiger charge is -1.97. The first kappa shape index (κ1) is 12.3. The molecule has 0 atom stereocenters. The molecule has 82 valence electrons. The summed E-state index contributed by atoms with van der Waals surface area (Å²) >= 11 is 0. The average molecular weight is 214 g/mol. The number of nitrogen functional groups attached to an aromatic ring is 3. The second kappa shape index (κ2) is 5.16. The fourth-order valence-electron chi connectivity index (χ4n) is 0.427.